The van der Waals surface area contributed by atoms with E-state index in [0.717, 1.165) is 0 Å². The monoisotopic (exact) mass is 80.0 g/mol. The summed E-state index contributed by atoms with van der Waals surface area (Å²) >= 11 is 4.83. The fraction of sp³-hybridized carbons (Fsp3) is 1.00. The highest BCUT2D eigenvalue weighted by Crippen LogP contribution is 1.79. The lowest BCUT2D eigenvalue weighted by Crippen LogP contribution is -1.79. The molecule has 2 heteroatoms. The number of hydrogen-bond acceptors (Lipinski definition) is 1. The van der Waals surface area contributed by atoms with Gasteiger partial charge in [0.15, 0.2) is 0 Å². The highest BCUT2D eigenvalue weighted by atomic mass is 35.5. The SMILES string of the molecule is C[C@@H](O)Cl. The van der Waals surface area contributed by atoms with Gasteiger partial charge in [0.05, 0.1) is 0 Å². The Bertz CT molecular complexity index is 10.8. The van der Waals surface area contributed by atoms with Gasteiger partial charge in [-0.3, -0.25) is 0 Å². The van der Waals surface area contributed by atoms with Gasteiger partial charge in [0.1, 0.15) is 5.56 Å². The van der Waals surface area contributed by atoms with Gasteiger partial charge in [0, 0.05) is 0 Å². The van der Waals surface area contributed by atoms with Gasteiger partial charge in [-0.2, -0.15) is 0 Å². The number of aliphatic hydroxyl groups excluding tert-OH is 1. The smallest absolute Gasteiger partial charge is 0.125 e. The van der Waals surface area contributed by atoms with Gasteiger partial charge in [-0.1, -0.05) is 11.6 Å². The predicted molar refractivity (Wildman–Crippen MR) is 17.5 cm³/mol. The summed E-state index contributed by atoms with van der Waals surface area (Å²) in [5.41, 5.74) is -0.694. The van der Waals surface area contributed by atoms with Gasteiger partial charge in [-0.05, 0) is 6.92 Å². The van der Waals surface area contributed by atoms with Crippen molar-refractivity contribution >= 4 is 11.6 Å². The van der Waals surface area contributed by atoms with E-state index in [2.05, 4.69) is 0 Å². The van der Waals surface area contributed by atoms with Crippen LogP contribution >= 0.6 is 11.6 Å². The summed E-state index contributed by atoms with van der Waals surface area (Å²) < 4.78 is 0. The second-order valence-electron chi connectivity index (χ2n) is 0.574. The Kier molecular flexibility index (Phi) is 1.66. The summed E-state index contributed by atoms with van der Waals surface area (Å²) in [6, 6.07) is 0. The Balaban J connectivity index is 2.32. The minimum absolute atomic E-state index is 0.694. The number of alkyl halides is 1. The molecule has 0 aliphatic rings. The van der Waals surface area contributed by atoms with E-state index in [4.69, 9.17) is 16.7 Å². The molecule has 0 rings (SSSR count). The van der Waals surface area contributed by atoms with E-state index >= 15 is 0 Å². The summed E-state index contributed by atoms with van der Waals surface area (Å²) in [6.07, 6.45) is 0. The molecule has 1 N–H and O–H groups in total. The van der Waals surface area contributed by atoms with Crippen LogP contribution in [0, 0.1) is 0 Å². The van der Waals surface area contributed by atoms with Gasteiger partial charge < -0.3 is 5.11 Å². The molecule has 1 nitrogen and oxygen atoms in total. The van der Waals surface area contributed by atoms with Gasteiger partial charge in [-0.15, -0.1) is 0 Å². The zero-order chi connectivity index (χ0) is 3.58. The molecule has 0 aromatic heterocycles. The predicted octanol–water partition coefficient (Wildman–Crippen LogP) is 0.563. The van der Waals surface area contributed by atoms with Crippen LogP contribution in [0.5, 0.6) is 0 Å². The second-order valence-corrected chi connectivity index (χ2v) is 1.21. The lowest BCUT2D eigenvalue weighted by atomic mass is 10.9. The van der Waals surface area contributed by atoms with Crippen LogP contribution in [0.25, 0.3) is 0 Å². The molecule has 0 aromatic rings. The largest absolute Gasteiger partial charge is 0.378 e. The van der Waals surface area contributed by atoms with Crippen molar-refractivity contribution in [3.05, 3.63) is 0 Å². The molecule has 0 aliphatic heterocycles. The quantitative estimate of drug-likeness (QED) is 0.422. The Labute approximate surface area is 30.2 Å². The average Bonchev–Trinajstić information content (AvgIpc) is 0.811. The standard InChI is InChI=1S/C2H5ClO/c1-2(3)4/h2,4H,1H3/t2-/m1/s1. The van der Waals surface area contributed by atoms with E-state index in [0.29, 0.717) is 0 Å². The van der Waals surface area contributed by atoms with E-state index in [1.807, 2.05) is 0 Å². The number of hydrogen-bond donors (Lipinski definition) is 1. The maximum atomic E-state index is 7.82. The fourth-order valence-corrected chi connectivity index (χ4v) is 0. The first-order valence-electron chi connectivity index (χ1n) is 1.05. The molecule has 0 heterocycles. The van der Waals surface area contributed by atoms with E-state index in [9.17, 15) is 0 Å². The van der Waals surface area contributed by atoms with Crippen molar-refractivity contribution < 1.29 is 5.11 Å². The van der Waals surface area contributed by atoms with Crippen molar-refractivity contribution in [2.24, 2.45) is 0 Å². The van der Waals surface area contributed by atoms with Crippen LogP contribution in [-0.2, 0) is 0 Å². The van der Waals surface area contributed by atoms with Crippen LogP contribution < -0.4 is 0 Å². The van der Waals surface area contributed by atoms with Crippen LogP contribution in [0.2, 0.25) is 0 Å². The number of aliphatic hydroxyl groups is 1. The molecule has 0 radical (unpaired) electrons. The minimum atomic E-state index is -0.694. The van der Waals surface area contributed by atoms with Gasteiger partial charge in [0.2, 0.25) is 0 Å². The normalized spacial score (nSPS) is 15.8. The van der Waals surface area contributed by atoms with E-state index in [1.165, 1.54) is 6.92 Å². The summed E-state index contributed by atoms with van der Waals surface area (Å²) in [7, 11) is 0. The second kappa shape index (κ2) is 1.56. The Hall–Kier alpha value is 0.250. The molecule has 1 atom stereocenters. The van der Waals surface area contributed by atoms with Crippen molar-refractivity contribution in [3.8, 4) is 0 Å². The molecule has 0 bridgehead atoms. The first-order chi connectivity index (χ1) is 1.73. The first-order valence-corrected chi connectivity index (χ1v) is 1.49. The van der Waals surface area contributed by atoms with Crippen LogP contribution in [0.3, 0.4) is 0 Å². The lowest BCUT2D eigenvalue weighted by molar-refractivity contribution is 0.277. The van der Waals surface area contributed by atoms with Crippen LogP contribution in [0.4, 0.5) is 0 Å². The van der Waals surface area contributed by atoms with Crippen molar-refractivity contribution in [1.82, 2.24) is 0 Å². The maximum Gasteiger partial charge on any atom is 0.125 e. The maximum absolute atomic E-state index is 7.82. The van der Waals surface area contributed by atoms with Crippen molar-refractivity contribution in [2.75, 3.05) is 0 Å². The molecule has 26 valence electrons. The molecule has 0 aliphatic carbocycles. The third-order valence-corrected chi connectivity index (χ3v) is 0. The van der Waals surface area contributed by atoms with Crippen LogP contribution in [-0.4, -0.2) is 10.7 Å². The first kappa shape index (κ1) is 4.25. The highest BCUT2D eigenvalue weighted by molar-refractivity contribution is 6.19. The van der Waals surface area contributed by atoms with Crippen molar-refractivity contribution in [2.45, 2.75) is 12.5 Å². The van der Waals surface area contributed by atoms with Crippen molar-refractivity contribution in [3.63, 3.8) is 0 Å². The zero-order valence-corrected chi connectivity index (χ0v) is 3.16. The molecule has 0 saturated heterocycles. The summed E-state index contributed by atoms with van der Waals surface area (Å²) in [6.45, 7) is 1.49. The molecule has 0 aromatic carbocycles. The Morgan fingerprint density at radius 1 is 2.00 bits per heavy atom. The fourth-order valence-electron chi connectivity index (χ4n) is 0. The van der Waals surface area contributed by atoms with Crippen LogP contribution in [0.15, 0.2) is 0 Å². The third-order valence-electron chi connectivity index (χ3n) is 0. The molecule has 0 unspecified atom stereocenters. The molecule has 0 fully saturated rings. The number of halogens is 1. The molecular formula is C2H5ClO. The van der Waals surface area contributed by atoms with Gasteiger partial charge in [0.25, 0.3) is 0 Å². The van der Waals surface area contributed by atoms with E-state index in [-0.39, 0.29) is 0 Å². The highest BCUT2D eigenvalue weighted by Gasteiger charge is 1.72. The topological polar surface area (TPSA) is 20.2 Å². The summed E-state index contributed by atoms with van der Waals surface area (Å²) in [4.78, 5) is 0. The van der Waals surface area contributed by atoms with Gasteiger partial charge in [-0.25, -0.2) is 0 Å². The molecule has 0 spiro atoms. The Morgan fingerprint density at radius 3 is 2.00 bits per heavy atom. The summed E-state index contributed by atoms with van der Waals surface area (Å²) in [5, 5.41) is 7.82. The minimum Gasteiger partial charge on any atom is -0.378 e. The molecule has 0 saturated carbocycles. The third kappa shape index (κ3) is 56.3. The van der Waals surface area contributed by atoms with Gasteiger partial charge >= 0.3 is 0 Å². The van der Waals surface area contributed by atoms with Crippen LogP contribution in [0.1, 0.15) is 6.92 Å². The number of rotatable bonds is 0. The van der Waals surface area contributed by atoms with Crippen molar-refractivity contribution in [1.29, 1.82) is 0 Å². The lowest BCUT2D eigenvalue weighted by Gasteiger charge is -1.77. The average molecular weight is 80.5 g/mol. The summed E-state index contributed by atoms with van der Waals surface area (Å²) in [5.74, 6) is 0. The van der Waals surface area contributed by atoms with E-state index in [1.54, 1.807) is 0 Å². The molecule has 0 amide bonds. The van der Waals surface area contributed by atoms with E-state index < -0.39 is 5.56 Å². The molecule has 4 heavy (non-hydrogen) atoms. The zero-order valence-electron chi connectivity index (χ0n) is 2.40. The molecular weight excluding hydrogens is 75.5 g/mol. The Morgan fingerprint density at radius 2 is 2.00 bits per heavy atom.